The van der Waals surface area contributed by atoms with E-state index < -0.39 is 12.0 Å². The van der Waals surface area contributed by atoms with Crippen LogP contribution in [0.4, 0.5) is 0 Å². The van der Waals surface area contributed by atoms with Crippen LogP contribution in [0.3, 0.4) is 0 Å². The van der Waals surface area contributed by atoms with Crippen molar-refractivity contribution < 1.29 is 9.90 Å². The lowest BCUT2D eigenvalue weighted by atomic mass is 10.1. The van der Waals surface area contributed by atoms with Gasteiger partial charge in [0.1, 0.15) is 6.04 Å². The number of rotatable bonds is 8. The molecule has 1 atom stereocenters. The van der Waals surface area contributed by atoms with Crippen LogP contribution in [-0.2, 0) is 4.79 Å². The zero-order chi connectivity index (χ0) is 16.3. The number of unbranched alkanes of at least 4 members (excludes halogenated alkanes) is 3. The van der Waals surface area contributed by atoms with Gasteiger partial charge in [0, 0.05) is 26.0 Å². The molecule has 0 fully saturated rings. The van der Waals surface area contributed by atoms with Gasteiger partial charge < -0.3 is 20.6 Å². The van der Waals surface area contributed by atoms with Crippen molar-refractivity contribution in [1.82, 2.24) is 9.80 Å². The van der Waals surface area contributed by atoms with Crippen molar-refractivity contribution in [2.24, 2.45) is 11.7 Å². The smallest absolute Gasteiger partial charge is 0.320 e. The van der Waals surface area contributed by atoms with Gasteiger partial charge in [-0.2, -0.15) is 0 Å². The Hall–Kier alpha value is -1.23. The fourth-order valence-electron chi connectivity index (χ4n) is 2.08. The fraction of sp³-hybridized carbons (Fsp3) is 0.812. The molecule has 0 aromatic rings. The van der Waals surface area contributed by atoms with E-state index in [0.717, 1.165) is 6.67 Å². The lowest BCUT2D eigenvalue weighted by Crippen LogP contribution is -2.31. The molecule has 1 rings (SSSR count). The molecule has 0 saturated heterocycles. The van der Waals surface area contributed by atoms with E-state index >= 15 is 0 Å². The van der Waals surface area contributed by atoms with Crippen LogP contribution in [0.15, 0.2) is 12.4 Å². The summed E-state index contributed by atoms with van der Waals surface area (Å²) in [7, 11) is 2.11. The molecule has 124 valence electrons. The summed E-state index contributed by atoms with van der Waals surface area (Å²) in [6, 6.07) is -0.690. The molecule has 0 bridgehead atoms. The van der Waals surface area contributed by atoms with Gasteiger partial charge in [0.2, 0.25) is 0 Å². The Balaban J connectivity index is 0.000000400. The Morgan fingerprint density at radius 2 is 1.95 bits per heavy atom. The van der Waals surface area contributed by atoms with Crippen molar-refractivity contribution in [1.29, 1.82) is 0 Å². The number of carbonyl (C=O) groups is 1. The zero-order valence-electron chi connectivity index (χ0n) is 14.1. The van der Waals surface area contributed by atoms with Crippen molar-refractivity contribution in [2.45, 2.75) is 58.9 Å². The largest absolute Gasteiger partial charge is 0.480 e. The third-order valence-corrected chi connectivity index (χ3v) is 3.28. The first kappa shape index (κ1) is 19.8. The minimum Gasteiger partial charge on any atom is -0.480 e. The van der Waals surface area contributed by atoms with Crippen molar-refractivity contribution in [2.75, 3.05) is 20.3 Å². The summed E-state index contributed by atoms with van der Waals surface area (Å²) in [5, 5.41) is 8.31. The van der Waals surface area contributed by atoms with E-state index in [1.165, 1.54) is 32.2 Å². The molecule has 3 N–H and O–H groups in total. The molecule has 0 spiro atoms. The number of carboxylic acids is 1. The monoisotopic (exact) mass is 299 g/mol. The van der Waals surface area contributed by atoms with Crippen LogP contribution < -0.4 is 5.73 Å². The van der Waals surface area contributed by atoms with E-state index in [1.807, 2.05) is 13.8 Å². The van der Waals surface area contributed by atoms with E-state index in [1.54, 1.807) is 0 Å². The topological polar surface area (TPSA) is 69.8 Å². The standard InChI is InChI=1S/C10H20N2.C6H13NO2/c1-3-4-5-6-7-12-9-8-11(2)10-12;1-4(2)3-5(7)6(8)9/h8-9H,3-7,10H2,1-2H3;4-5H,3,7H2,1-2H3,(H,8,9). The number of nitrogens with two attached hydrogens (primary N) is 1. The van der Waals surface area contributed by atoms with Crippen LogP contribution in [0.25, 0.3) is 0 Å². The van der Waals surface area contributed by atoms with Crippen LogP contribution >= 0.6 is 0 Å². The quantitative estimate of drug-likeness (QED) is 0.674. The van der Waals surface area contributed by atoms with Gasteiger partial charge in [0.25, 0.3) is 0 Å². The Morgan fingerprint density at radius 3 is 2.33 bits per heavy atom. The van der Waals surface area contributed by atoms with Gasteiger partial charge in [-0.05, 0) is 18.8 Å². The van der Waals surface area contributed by atoms with Gasteiger partial charge in [0.15, 0.2) is 0 Å². The van der Waals surface area contributed by atoms with Crippen LogP contribution in [0.5, 0.6) is 0 Å². The van der Waals surface area contributed by atoms with Crippen LogP contribution in [0.2, 0.25) is 0 Å². The molecule has 0 saturated carbocycles. The molecule has 1 unspecified atom stereocenters. The number of aliphatic carboxylic acids is 1. The maximum absolute atomic E-state index is 10.1. The molecule has 1 aliphatic rings. The number of hydrogen-bond donors (Lipinski definition) is 2. The maximum Gasteiger partial charge on any atom is 0.320 e. The third kappa shape index (κ3) is 11.1. The molecule has 21 heavy (non-hydrogen) atoms. The second-order valence-corrected chi connectivity index (χ2v) is 6.14. The number of carboxylic acid groups (broad SMARTS) is 1. The molecule has 0 aliphatic carbocycles. The Morgan fingerprint density at radius 1 is 1.29 bits per heavy atom. The normalized spacial score (nSPS) is 15.1. The third-order valence-electron chi connectivity index (χ3n) is 3.28. The van der Waals surface area contributed by atoms with Gasteiger partial charge in [-0.15, -0.1) is 0 Å². The van der Waals surface area contributed by atoms with E-state index in [0.29, 0.717) is 12.3 Å². The molecule has 1 aliphatic heterocycles. The van der Waals surface area contributed by atoms with E-state index in [4.69, 9.17) is 10.8 Å². The molecule has 5 nitrogen and oxygen atoms in total. The molecule has 0 radical (unpaired) electrons. The minimum atomic E-state index is -0.913. The Labute approximate surface area is 129 Å². The highest BCUT2D eigenvalue weighted by molar-refractivity contribution is 5.72. The number of hydrogen-bond acceptors (Lipinski definition) is 4. The molecular weight excluding hydrogens is 266 g/mol. The highest BCUT2D eigenvalue weighted by Crippen LogP contribution is 2.06. The predicted molar refractivity (Wildman–Crippen MR) is 87.7 cm³/mol. The van der Waals surface area contributed by atoms with Gasteiger partial charge in [0.05, 0.1) is 6.67 Å². The zero-order valence-corrected chi connectivity index (χ0v) is 14.1. The first-order chi connectivity index (χ1) is 9.86. The van der Waals surface area contributed by atoms with E-state index in [9.17, 15) is 4.79 Å². The van der Waals surface area contributed by atoms with Crippen molar-refractivity contribution in [3.05, 3.63) is 12.4 Å². The van der Waals surface area contributed by atoms with Gasteiger partial charge >= 0.3 is 5.97 Å². The summed E-state index contributed by atoms with van der Waals surface area (Å²) in [5.41, 5.74) is 5.22. The summed E-state index contributed by atoms with van der Waals surface area (Å²) in [6.07, 6.45) is 10.3. The van der Waals surface area contributed by atoms with E-state index in [2.05, 4.69) is 36.2 Å². The summed E-state index contributed by atoms with van der Waals surface area (Å²) in [4.78, 5) is 14.7. The summed E-state index contributed by atoms with van der Waals surface area (Å²) >= 11 is 0. The highest BCUT2D eigenvalue weighted by Gasteiger charge is 2.11. The molecule has 0 aromatic carbocycles. The second-order valence-electron chi connectivity index (χ2n) is 6.14. The summed E-state index contributed by atoms with van der Waals surface area (Å²) in [6.45, 7) is 8.45. The van der Waals surface area contributed by atoms with Gasteiger partial charge in [-0.3, -0.25) is 4.79 Å². The van der Waals surface area contributed by atoms with Gasteiger partial charge in [-0.25, -0.2) is 0 Å². The Kier molecular flexibility index (Phi) is 10.8. The van der Waals surface area contributed by atoms with Crippen molar-refractivity contribution in [3.8, 4) is 0 Å². The predicted octanol–water partition coefficient (Wildman–Crippen LogP) is 2.69. The summed E-state index contributed by atoms with van der Waals surface area (Å²) < 4.78 is 0. The SMILES string of the molecule is CC(C)CC(N)C(=O)O.CCCCCCN1C=CN(C)C1. The molecule has 1 heterocycles. The lowest BCUT2D eigenvalue weighted by Gasteiger charge is -2.17. The molecule has 0 amide bonds. The van der Waals surface area contributed by atoms with Crippen molar-refractivity contribution >= 4 is 5.97 Å². The number of nitrogens with zero attached hydrogens (tertiary/aromatic N) is 2. The lowest BCUT2D eigenvalue weighted by molar-refractivity contribution is -0.138. The fourth-order valence-corrected chi connectivity index (χ4v) is 2.08. The minimum absolute atomic E-state index is 0.357. The molecular formula is C16H33N3O2. The van der Waals surface area contributed by atoms with Crippen LogP contribution in [-0.4, -0.2) is 47.2 Å². The highest BCUT2D eigenvalue weighted by atomic mass is 16.4. The van der Waals surface area contributed by atoms with Gasteiger partial charge in [-0.1, -0.05) is 40.0 Å². The average Bonchev–Trinajstić information content (AvgIpc) is 2.80. The Bertz CT molecular complexity index is 306. The summed E-state index contributed by atoms with van der Waals surface area (Å²) in [5.74, 6) is -0.556. The first-order valence-electron chi connectivity index (χ1n) is 7.97. The molecule has 0 aromatic heterocycles. The average molecular weight is 299 g/mol. The second kappa shape index (κ2) is 11.4. The maximum atomic E-state index is 10.1. The van der Waals surface area contributed by atoms with E-state index in [-0.39, 0.29) is 0 Å². The first-order valence-corrected chi connectivity index (χ1v) is 7.97. The molecule has 5 heteroatoms. The van der Waals surface area contributed by atoms with Crippen LogP contribution in [0.1, 0.15) is 52.9 Å². The van der Waals surface area contributed by atoms with Crippen molar-refractivity contribution in [3.63, 3.8) is 0 Å². The van der Waals surface area contributed by atoms with Crippen LogP contribution in [0, 0.1) is 5.92 Å².